The molecule has 19 heavy (non-hydrogen) atoms. The maximum atomic E-state index is 9.53. The highest BCUT2D eigenvalue weighted by Crippen LogP contribution is 2.37. The summed E-state index contributed by atoms with van der Waals surface area (Å²) >= 11 is 0. The summed E-state index contributed by atoms with van der Waals surface area (Å²) in [6.45, 7) is 4.01. The molecule has 3 N–H and O–H groups in total. The van der Waals surface area contributed by atoms with Gasteiger partial charge in [-0.05, 0) is 69.2 Å². The number of aliphatic hydroxyl groups is 1. The number of nitrogens with zero attached hydrogens (tertiary/aromatic N) is 1. The number of rotatable bonds is 8. The van der Waals surface area contributed by atoms with Crippen LogP contribution in [0.5, 0.6) is 0 Å². The average Bonchev–Trinajstić information content (AvgIpc) is 3.31. The minimum absolute atomic E-state index is 0.170. The van der Waals surface area contributed by atoms with Gasteiger partial charge >= 0.3 is 0 Å². The summed E-state index contributed by atoms with van der Waals surface area (Å²) in [5.74, 6) is 2.52. The standard InChI is InChI=1S/C16H30N2O/c17-16(12-19)8-1-2-15(16)7-9-18(10-13-3-4-13)11-14-5-6-14/h13-15,19H,1-12,17H2. The lowest BCUT2D eigenvalue weighted by Gasteiger charge is -2.31. The van der Waals surface area contributed by atoms with Gasteiger partial charge in [-0.1, -0.05) is 6.42 Å². The number of hydrogen-bond acceptors (Lipinski definition) is 3. The van der Waals surface area contributed by atoms with Crippen LogP contribution in [0.25, 0.3) is 0 Å². The Balaban J connectivity index is 1.47. The summed E-state index contributed by atoms with van der Waals surface area (Å²) in [5, 5.41) is 9.53. The van der Waals surface area contributed by atoms with Gasteiger partial charge < -0.3 is 15.7 Å². The Kier molecular flexibility index (Phi) is 4.16. The molecule has 0 spiro atoms. The van der Waals surface area contributed by atoms with Crippen molar-refractivity contribution in [3.8, 4) is 0 Å². The van der Waals surface area contributed by atoms with Crippen LogP contribution in [-0.4, -0.2) is 41.8 Å². The molecule has 3 aliphatic rings. The second kappa shape index (κ2) is 5.71. The summed E-state index contributed by atoms with van der Waals surface area (Å²) in [5.41, 5.74) is 6.07. The van der Waals surface area contributed by atoms with Crippen LogP contribution in [0, 0.1) is 17.8 Å². The van der Waals surface area contributed by atoms with Crippen molar-refractivity contribution in [3.05, 3.63) is 0 Å². The molecule has 2 unspecified atom stereocenters. The molecule has 0 aromatic rings. The smallest absolute Gasteiger partial charge is 0.0613 e. The van der Waals surface area contributed by atoms with Gasteiger partial charge in [-0.3, -0.25) is 0 Å². The van der Waals surface area contributed by atoms with Crippen molar-refractivity contribution >= 4 is 0 Å². The molecular formula is C16H30N2O. The zero-order valence-electron chi connectivity index (χ0n) is 12.2. The first-order valence-electron chi connectivity index (χ1n) is 8.32. The third kappa shape index (κ3) is 3.71. The lowest BCUT2D eigenvalue weighted by molar-refractivity contribution is 0.141. The van der Waals surface area contributed by atoms with Crippen molar-refractivity contribution in [2.45, 2.75) is 56.9 Å². The highest BCUT2D eigenvalue weighted by molar-refractivity contribution is 4.96. The molecule has 0 heterocycles. The van der Waals surface area contributed by atoms with Gasteiger partial charge in [-0.15, -0.1) is 0 Å². The average molecular weight is 266 g/mol. The van der Waals surface area contributed by atoms with Crippen molar-refractivity contribution < 1.29 is 5.11 Å². The van der Waals surface area contributed by atoms with Gasteiger partial charge in [0.2, 0.25) is 0 Å². The summed E-state index contributed by atoms with van der Waals surface area (Å²) in [7, 11) is 0. The topological polar surface area (TPSA) is 49.5 Å². The molecule has 0 aliphatic heterocycles. The zero-order chi connectivity index (χ0) is 13.3. The van der Waals surface area contributed by atoms with E-state index >= 15 is 0 Å². The second-order valence-electron chi connectivity index (χ2n) is 7.42. The van der Waals surface area contributed by atoms with E-state index in [1.807, 2.05) is 0 Å². The van der Waals surface area contributed by atoms with E-state index in [4.69, 9.17) is 5.73 Å². The molecule has 0 aromatic heterocycles. The van der Waals surface area contributed by atoms with E-state index < -0.39 is 0 Å². The summed E-state index contributed by atoms with van der Waals surface area (Å²) in [6.07, 6.45) is 10.4. The SMILES string of the molecule is NC1(CO)CCCC1CCN(CC1CC1)CC1CC1. The van der Waals surface area contributed by atoms with Gasteiger partial charge in [0.05, 0.1) is 6.61 Å². The first-order chi connectivity index (χ1) is 9.19. The Morgan fingerprint density at radius 2 is 1.68 bits per heavy atom. The molecule has 110 valence electrons. The van der Waals surface area contributed by atoms with E-state index in [0.717, 1.165) is 18.3 Å². The molecule has 3 nitrogen and oxygen atoms in total. The predicted molar refractivity (Wildman–Crippen MR) is 77.9 cm³/mol. The van der Waals surface area contributed by atoms with E-state index in [2.05, 4.69) is 4.90 Å². The maximum Gasteiger partial charge on any atom is 0.0613 e. The Labute approximate surface area is 117 Å². The molecule has 0 saturated heterocycles. The fraction of sp³-hybridized carbons (Fsp3) is 1.00. The maximum absolute atomic E-state index is 9.53. The van der Waals surface area contributed by atoms with Crippen LogP contribution in [0.15, 0.2) is 0 Å². The first kappa shape index (κ1) is 13.8. The highest BCUT2D eigenvalue weighted by Gasteiger charge is 2.39. The molecule has 0 bridgehead atoms. The minimum atomic E-state index is -0.273. The lowest BCUT2D eigenvalue weighted by Crippen LogP contribution is -2.48. The normalized spacial score (nSPS) is 35.2. The van der Waals surface area contributed by atoms with Crippen molar-refractivity contribution in [2.75, 3.05) is 26.2 Å². The fourth-order valence-corrected chi connectivity index (χ4v) is 3.74. The van der Waals surface area contributed by atoms with Crippen molar-refractivity contribution in [2.24, 2.45) is 23.5 Å². The summed E-state index contributed by atoms with van der Waals surface area (Å²) in [6, 6.07) is 0. The third-order valence-electron chi connectivity index (χ3n) is 5.52. The van der Waals surface area contributed by atoms with Gasteiger partial charge in [0.1, 0.15) is 0 Å². The van der Waals surface area contributed by atoms with E-state index in [-0.39, 0.29) is 12.1 Å². The molecule has 3 heteroatoms. The van der Waals surface area contributed by atoms with Crippen molar-refractivity contribution in [1.29, 1.82) is 0 Å². The largest absolute Gasteiger partial charge is 0.394 e. The van der Waals surface area contributed by atoms with Crippen LogP contribution < -0.4 is 5.73 Å². The first-order valence-corrected chi connectivity index (χ1v) is 8.32. The molecule has 0 radical (unpaired) electrons. The second-order valence-corrected chi connectivity index (χ2v) is 7.42. The molecule has 0 amide bonds. The van der Waals surface area contributed by atoms with Gasteiger partial charge in [-0.2, -0.15) is 0 Å². The van der Waals surface area contributed by atoms with Crippen LogP contribution in [-0.2, 0) is 0 Å². The van der Waals surface area contributed by atoms with Gasteiger partial charge in [0, 0.05) is 18.6 Å². The molecular weight excluding hydrogens is 236 g/mol. The summed E-state index contributed by atoms with van der Waals surface area (Å²) < 4.78 is 0. The van der Waals surface area contributed by atoms with E-state index in [9.17, 15) is 5.11 Å². The molecule has 2 atom stereocenters. The molecule has 3 saturated carbocycles. The Hall–Kier alpha value is -0.120. The van der Waals surface area contributed by atoms with Gasteiger partial charge in [-0.25, -0.2) is 0 Å². The Bertz CT molecular complexity index is 287. The minimum Gasteiger partial charge on any atom is -0.394 e. The van der Waals surface area contributed by atoms with Crippen LogP contribution >= 0.6 is 0 Å². The highest BCUT2D eigenvalue weighted by atomic mass is 16.3. The Morgan fingerprint density at radius 1 is 1.05 bits per heavy atom. The molecule has 3 aliphatic carbocycles. The van der Waals surface area contributed by atoms with Crippen LogP contribution in [0.2, 0.25) is 0 Å². The van der Waals surface area contributed by atoms with Gasteiger partial charge in [0.15, 0.2) is 0 Å². The zero-order valence-corrected chi connectivity index (χ0v) is 12.2. The molecule has 3 fully saturated rings. The third-order valence-corrected chi connectivity index (χ3v) is 5.52. The number of hydrogen-bond donors (Lipinski definition) is 2. The monoisotopic (exact) mass is 266 g/mol. The lowest BCUT2D eigenvalue weighted by atomic mass is 9.86. The number of nitrogens with two attached hydrogens (primary N) is 1. The van der Waals surface area contributed by atoms with E-state index in [1.54, 1.807) is 0 Å². The summed E-state index contributed by atoms with van der Waals surface area (Å²) in [4.78, 5) is 2.70. The predicted octanol–water partition coefficient (Wildman–Crippen LogP) is 1.99. The number of aliphatic hydroxyl groups excluding tert-OH is 1. The van der Waals surface area contributed by atoms with Crippen LogP contribution in [0.4, 0.5) is 0 Å². The van der Waals surface area contributed by atoms with Crippen molar-refractivity contribution in [3.63, 3.8) is 0 Å². The van der Waals surface area contributed by atoms with Crippen LogP contribution in [0.3, 0.4) is 0 Å². The fourth-order valence-electron chi connectivity index (χ4n) is 3.74. The quantitative estimate of drug-likeness (QED) is 0.706. The van der Waals surface area contributed by atoms with Gasteiger partial charge in [0.25, 0.3) is 0 Å². The molecule has 0 aromatic carbocycles. The van der Waals surface area contributed by atoms with E-state index in [0.29, 0.717) is 5.92 Å². The van der Waals surface area contributed by atoms with E-state index in [1.165, 1.54) is 64.6 Å². The van der Waals surface area contributed by atoms with Crippen molar-refractivity contribution in [1.82, 2.24) is 4.90 Å². The Morgan fingerprint density at radius 3 is 2.21 bits per heavy atom. The molecule has 3 rings (SSSR count). The van der Waals surface area contributed by atoms with Crippen LogP contribution in [0.1, 0.15) is 51.4 Å².